The van der Waals surface area contributed by atoms with Crippen LogP contribution in [0.15, 0.2) is 47.4 Å². The predicted molar refractivity (Wildman–Crippen MR) is 120 cm³/mol. The molecule has 0 bridgehead atoms. The third-order valence-corrected chi connectivity index (χ3v) is 8.31. The molecular formula is C24H32N2O4S. The summed E-state index contributed by atoms with van der Waals surface area (Å²) in [6, 6.07) is 13.4. The van der Waals surface area contributed by atoms with Crippen molar-refractivity contribution in [3.8, 4) is 0 Å². The van der Waals surface area contributed by atoms with E-state index >= 15 is 0 Å². The van der Waals surface area contributed by atoms with E-state index < -0.39 is 10.0 Å². The number of aryl methyl sites for hydroxylation is 3. The van der Waals surface area contributed by atoms with Crippen molar-refractivity contribution in [2.24, 2.45) is 11.8 Å². The summed E-state index contributed by atoms with van der Waals surface area (Å²) in [5.74, 6) is -0.383. The van der Waals surface area contributed by atoms with E-state index in [1.807, 2.05) is 57.2 Å². The number of hydroxylamine groups is 1. The minimum Gasteiger partial charge on any atom is -0.289 e. The second-order valence-electron chi connectivity index (χ2n) is 8.69. The maximum atomic E-state index is 13.7. The van der Waals surface area contributed by atoms with Crippen molar-refractivity contribution in [3.05, 3.63) is 64.7 Å². The third-order valence-electron chi connectivity index (χ3n) is 6.36. The Balaban J connectivity index is 1.88. The van der Waals surface area contributed by atoms with E-state index in [0.717, 1.165) is 35.1 Å². The number of sulfonamides is 1. The van der Waals surface area contributed by atoms with Crippen LogP contribution in [-0.2, 0) is 21.4 Å². The van der Waals surface area contributed by atoms with E-state index in [1.54, 1.807) is 15.9 Å². The molecule has 0 radical (unpaired) electrons. The molecule has 0 atom stereocenters. The number of carbonyl (C=O) groups excluding carboxylic acids is 1. The first-order valence-electron chi connectivity index (χ1n) is 10.8. The minimum absolute atomic E-state index is 0.173. The quantitative estimate of drug-likeness (QED) is 0.497. The van der Waals surface area contributed by atoms with Gasteiger partial charge in [-0.3, -0.25) is 10.0 Å². The lowest BCUT2D eigenvalue weighted by molar-refractivity contribution is -0.134. The van der Waals surface area contributed by atoms with Gasteiger partial charge in [0.05, 0.1) is 4.90 Å². The van der Waals surface area contributed by atoms with E-state index in [1.165, 1.54) is 0 Å². The molecule has 1 amide bonds. The number of hydrogen-bond acceptors (Lipinski definition) is 4. The molecule has 0 aliphatic heterocycles. The lowest BCUT2D eigenvalue weighted by Crippen LogP contribution is -2.38. The number of benzene rings is 2. The molecule has 7 heteroatoms. The van der Waals surface area contributed by atoms with E-state index in [9.17, 15) is 13.2 Å². The smallest absolute Gasteiger partial charge is 0.246 e. The Morgan fingerprint density at radius 2 is 1.71 bits per heavy atom. The summed E-state index contributed by atoms with van der Waals surface area (Å²) in [7, 11) is -3.69. The van der Waals surface area contributed by atoms with Crippen LogP contribution in [0.2, 0.25) is 0 Å². The topological polar surface area (TPSA) is 86.7 Å². The molecule has 1 saturated carbocycles. The summed E-state index contributed by atoms with van der Waals surface area (Å²) >= 11 is 0. The molecular weight excluding hydrogens is 412 g/mol. The van der Waals surface area contributed by atoms with Gasteiger partial charge in [0, 0.05) is 19.0 Å². The molecule has 2 N–H and O–H groups in total. The highest BCUT2D eigenvalue weighted by atomic mass is 32.2. The van der Waals surface area contributed by atoms with Crippen LogP contribution in [0.1, 0.15) is 47.9 Å². The molecule has 1 fully saturated rings. The van der Waals surface area contributed by atoms with Crippen molar-refractivity contribution in [2.75, 3.05) is 6.54 Å². The maximum Gasteiger partial charge on any atom is 0.246 e. The summed E-state index contributed by atoms with van der Waals surface area (Å²) in [5.41, 5.74) is 5.45. The maximum absolute atomic E-state index is 13.7. The molecule has 0 unspecified atom stereocenters. The zero-order chi connectivity index (χ0) is 22.6. The van der Waals surface area contributed by atoms with Gasteiger partial charge in [-0.15, -0.1) is 0 Å². The van der Waals surface area contributed by atoms with Crippen molar-refractivity contribution in [3.63, 3.8) is 0 Å². The van der Waals surface area contributed by atoms with E-state index in [4.69, 9.17) is 5.21 Å². The number of rotatable bonds is 7. The molecule has 1 aliphatic carbocycles. The highest BCUT2D eigenvalue weighted by Crippen LogP contribution is 2.32. The molecule has 3 rings (SSSR count). The molecule has 2 aromatic carbocycles. The standard InChI is InChI=1S/C24H32N2O4S/c1-17-8-9-19(3)23(14-17)31(29,30)26(16-22-7-5-4-6-18(22)2)15-20-10-12-21(13-11-20)24(27)25-28/h4-9,14,20-21,28H,10-13,15-16H2,1-3H3,(H,25,27). The van der Waals surface area contributed by atoms with Gasteiger partial charge in [0.25, 0.3) is 0 Å². The average Bonchev–Trinajstić information content (AvgIpc) is 2.76. The highest BCUT2D eigenvalue weighted by molar-refractivity contribution is 7.89. The second kappa shape index (κ2) is 9.94. The predicted octanol–water partition coefficient (Wildman–Crippen LogP) is 4.11. The number of hydrogen-bond donors (Lipinski definition) is 2. The van der Waals surface area contributed by atoms with Crippen LogP contribution in [0.5, 0.6) is 0 Å². The Labute approximate surface area is 185 Å². The molecule has 0 heterocycles. The van der Waals surface area contributed by atoms with Gasteiger partial charge in [-0.25, -0.2) is 13.9 Å². The monoisotopic (exact) mass is 444 g/mol. The van der Waals surface area contributed by atoms with Gasteiger partial charge in [0.2, 0.25) is 15.9 Å². The largest absolute Gasteiger partial charge is 0.289 e. The number of nitrogens with one attached hydrogen (secondary N) is 1. The normalized spacial score (nSPS) is 19.4. The summed E-state index contributed by atoms with van der Waals surface area (Å²) < 4.78 is 29.1. The summed E-state index contributed by atoms with van der Waals surface area (Å²) in [6.45, 7) is 6.46. The van der Waals surface area contributed by atoms with Gasteiger partial charge in [0.15, 0.2) is 0 Å². The summed E-state index contributed by atoms with van der Waals surface area (Å²) in [4.78, 5) is 12.1. The lowest BCUT2D eigenvalue weighted by atomic mass is 9.81. The van der Waals surface area contributed by atoms with Gasteiger partial charge in [0.1, 0.15) is 0 Å². The van der Waals surface area contributed by atoms with Crippen LogP contribution < -0.4 is 5.48 Å². The fraction of sp³-hybridized carbons (Fsp3) is 0.458. The van der Waals surface area contributed by atoms with Crippen molar-refractivity contribution < 1.29 is 18.4 Å². The number of nitrogens with zero attached hydrogens (tertiary/aromatic N) is 1. The first kappa shape index (κ1) is 23.4. The zero-order valence-corrected chi connectivity index (χ0v) is 19.3. The first-order valence-corrected chi connectivity index (χ1v) is 12.2. The molecule has 0 saturated heterocycles. The SMILES string of the molecule is Cc1ccc(C)c(S(=O)(=O)N(Cc2ccccc2C)CC2CCC(C(=O)NO)CC2)c1. The number of carbonyl (C=O) groups is 1. The van der Waals surface area contributed by atoms with Crippen LogP contribution >= 0.6 is 0 Å². The Hall–Kier alpha value is -2.22. The second-order valence-corrected chi connectivity index (χ2v) is 10.6. The Morgan fingerprint density at radius 1 is 1.03 bits per heavy atom. The molecule has 1 aliphatic rings. The Kier molecular flexibility index (Phi) is 7.51. The molecule has 0 aromatic heterocycles. The molecule has 31 heavy (non-hydrogen) atoms. The fourth-order valence-corrected chi connectivity index (χ4v) is 6.14. The number of amides is 1. The summed E-state index contributed by atoms with van der Waals surface area (Å²) in [5, 5.41) is 8.88. The van der Waals surface area contributed by atoms with Crippen LogP contribution in [-0.4, -0.2) is 30.4 Å². The van der Waals surface area contributed by atoms with Gasteiger partial charge in [-0.05, 0) is 80.7 Å². The minimum atomic E-state index is -3.69. The van der Waals surface area contributed by atoms with Gasteiger partial charge >= 0.3 is 0 Å². The molecule has 168 valence electrons. The third kappa shape index (κ3) is 5.53. The van der Waals surface area contributed by atoms with E-state index in [0.29, 0.717) is 30.8 Å². The van der Waals surface area contributed by atoms with Gasteiger partial charge in [-0.1, -0.05) is 36.4 Å². The molecule has 0 spiro atoms. The first-order chi connectivity index (χ1) is 14.7. The average molecular weight is 445 g/mol. The van der Waals surface area contributed by atoms with Crippen LogP contribution in [0, 0.1) is 32.6 Å². The zero-order valence-electron chi connectivity index (χ0n) is 18.5. The Bertz CT molecular complexity index is 1030. The van der Waals surface area contributed by atoms with Crippen LogP contribution in [0.25, 0.3) is 0 Å². The lowest BCUT2D eigenvalue weighted by Gasteiger charge is -2.32. The summed E-state index contributed by atoms with van der Waals surface area (Å²) in [6.07, 6.45) is 2.81. The highest BCUT2D eigenvalue weighted by Gasteiger charge is 2.32. The Morgan fingerprint density at radius 3 is 2.35 bits per heavy atom. The molecule has 2 aromatic rings. The van der Waals surface area contributed by atoms with Crippen molar-refractivity contribution in [2.45, 2.75) is 57.9 Å². The molecule has 6 nitrogen and oxygen atoms in total. The van der Waals surface area contributed by atoms with Gasteiger partial charge < -0.3 is 0 Å². The van der Waals surface area contributed by atoms with E-state index in [-0.39, 0.29) is 17.7 Å². The van der Waals surface area contributed by atoms with Crippen molar-refractivity contribution >= 4 is 15.9 Å². The van der Waals surface area contributed by atoms with Crippen molar-refractivity contribution in [1.29, 1.82) is 0 Å². The van der Waals surface area contributed by atoms with Crippen LogP contribution in [0.4, 0.5) is 0 Å². The van der Waals surface area contributed by atoms with E-state index in [2.05, 4.69) is 0 Å². The van der Waals surface area contributed by atoms with Crippen LogP contribution in [0.3, 0.4) is 0 Å². The van der Waals surface area contributed by atoms with Crippen molar-refractivity contribution in [1.82, 2.24) is 9.79 Å². The van der Waals surface area contributed by atoms with Gasteiger partial charge in [-0.2, -0.15) is 4.31 Å². The fourth-order valence-electron chi connectivity index (χ4n) is 4.34.